The van der Waals surface area contributed by atoms with Gasteiger partial charge in [-0.15, -0.1) is 0 Å². The fourth-order valence-electron chi connectivity index (χ4n) is 2.27. The minimum absolute atomic E-state index is 0.787. The molecule has 2 nitrogen and oxygen atoms in total. The Balaban J connectivity index is 1.78. The Morgan fingerprint density at radius 1 is 1.09 bits per heavy atom. The van der Waals surface area contributed by atoms with E-state index in [1.54, 1.807) is 23.1 Å². The summed E-state index contributed by atoms with van der Waals surface area (Å²) in [6.07, 6.45) is 0. The van der Waals surface area contributed by atoms with E-state index in [4.69, 9.17) is 10.7 Å². The molecule has 0 saturated heterocycles. The van der Waals surface area contributed by atoms with Crippen molar-refractivity contribution in [2.24, 2.45) is 0 Å². The van der Waals surface area contributed by atoms with Crippen LogP contribution >= 0.6 is 23.1 Å². The molecule has 0 saturated carbocycles. The second-order valence-corrected chi connectivity index (χ2v) is 7.53. The molecule has 2 N–H and O–H groups in total. The number of nitrogen functional groups attached to an aromatic ring is 1. The monoisotopic (exact) mass is 326 g/mol. The number of anilines is 1. The summed E-state index contributed by atoms with van der Waals surface area (Å²) in [6.45, 7) is 4.28. The zero-order valence-electron chi connectivity index (χ0n) is 12.7. The van der Waals surface area contributed by atoms with Crippen LogP contribution in [-0.2, 0) is 5.75 Å². The largest absolute Gasteiger partial charge is 0.389 e. The number of hydrogen-bond acceptors (Lipinski definition) is 4. The van der Waals surface area contributed by atoms with Crippen LogP contribution in [0.15, 0.2) is 52.9 Å². The molecule has 0 bridgehead atoms. The average Bonchev–Trinajstić information content (AvgIpc) is 2.90. The van der Waals surface area contributed by atoms with Gasteiger partial charge in [-0.25, -0.2) is 4.98 Å². The molecule has 0 unspecified atom stereocenters. The third-order valence-electron chi connectivity index (χ3n) is 3.54. The van der Waals surface area contributed by atoms with Crippen molar-refractivity contribution in [3.63, 3.8) is 0 Å². The van der Waals surface area contributed by atoms with Gasteiger partial charge in [-0.05, 0) is 25.0 Å². The van der Waals surface area contributed by atoms with Gasteiger partial charge in [-0.3, -0.25) is 0 Å². The van der Waals surface area contributed by atoms with Gasteiger partial charge in [-0.2, -0.15) is 0 Å². The van der Waals surface area contributed by atoms with Crippen molar-refractivity contribution in [2.45, 2.75) is 23.9 Å². The van der Waals surface area contributed by atoms with Gasteiger partial charge in [0.05, 0.1) is 0 Å². The molecule has 0 aliphatic rings. The van der Waals surface area contributed by atoms with E-state index in [0.717, 1.165) is 26.4 Å². The summed E-state index contributed by atoms with van der Waals surface area (Å²) in [7, 11) is 0. The Labute approximate surface area is 139 Å². The molecule has 22 heavy (non-hydrogen) atoms. The van der Waals surface area contributed by atoms with Crippen molar-refractivity contribution in [1.29, 1.82) is 0 Å². The van der Waals surface area contributed by atoms with Gasteiger partial charge in [-0.1, -0.05) is 77.2 Å². The average molecular weight is 326 g/mol. The summed E-state index contributed by atoms with van der Waals surface area (Å²) < 4.78 is 1.03. The van der Waals surface area contributed by atoms with Gasteiger partial charge in [0.15, 0.2) is 4.34 Å². The number of aromatic nitrogens is 1. The van der Waals surface area contributed by atoms with Gasteiger partial charge in [0.2, 0.25) is 0 Å². The van der Waals surface area contributed by atoms with Gasteiger partial charge in [0.1, 0.15) is 10.7 Å². The molecular weight excluding hydrogens is 308 g/mol. The number of aryl methyl sites for hydroxylation is 2. The highest BCUT2D eigenvalue weighted by molar-refractivity contribution is 8.00. The zero-order chi connectivity index (χ0) is 15.5. The Bertz CT molecular complexity index is 779. The van der Waals surface area contributed by atoms with E-state index in [0.29, 0.717) is 0 Å². The molecule has 3 rings (SSSR count). The van der Waals surface area contributed by atoms with E-state index < -0.39 is 0 Å². The highest BCUT2D eigenvalue weighted by Crippen LogP contribution is 2.36. The van der Waals surface area contributed by atoms with Crippen LogP contribution in [0.1, 0.15) is 16.7 Å². The normalized spacial score (nSPS) is 10.8. The third-order valence-corrected chi connectivity index (χ3v) is 5.61. The third kappa shape index (κ3) is 3.34. The fourth-order valence-corrected chi connectivity index (χ4v) is 4.28. The van der Waals surface area contributed by atoms with Gasteiger partial charge >= 0.3 is 0 Å². The maximum absolute atomic E-state index is 6.14. The summed E-state index contributed by atoms with van der Waals surface area (Å²) in [4.78, 5) is 4.70. The minimum Gasteiger partial charge on any atom is -0.389 e. The molecule has 0 atom stereocenters. The molecule has 0 spiro atoms. The zero-order valence-corrected chi connectivity index (χ0v) is 14.3. The minimum atomic E-state index is 0.787. The van der Waals surface area contributed by atoms with Crippen LogP contribution in [0.4, 0.5) is 5.00 Å². The molecule has 0 amide bonds. The Hall–Kier alpha value is -1.78. The Morgan fingerprint density at radius 2 is 1.86 bits per heavy atom. The van der Waals surface area contributed by atoms with Crippen molar-refractivity contribution in [3.8, 4) is 11.3 Å². The predicted molar refractivity (Wildman–Crippen MR) is 97.4 cm³/mol. The summed E-state index contributed by atoms with van der Waals surface area (Å²) >= 11 is 3.32. The first-order valence-corrected chi connectivity index (χ1v) is 8.94. The van der Waals surface area contributed by atoms with E-state index in [9.17, 15) is 0 Å². The van der Waals surface area contributed by atoms with E-state index >= 15 is 0 Å². The molecule has 112 valence electrons. The van der Waals surface area contributed by atoms with Crippen LogP contribution in [0.3, 0.4) is 0 Å². The summed E-state index contributed by atoms with van der Waals surface area (Å²) in [5.41, 5.74) is 12.1. The number of nitrogens with zero attached hydrogens (tertiary/aromatic N) is 1. The van der Waals surface area contributed by atoms with Crippen molar-refractivity contribution in [1.82, 2.24) is 4.98 Å². The maximum atomic E-state index is 6.14. The first kappa shape index (κ1) is 15.1. The lowest BCUT2D eigenvalue weighted by Gasteiger charge is -2.05. The Kier molecular flexibility index (Phi) is 4.50. The number of nitrogens with two attached hydrogens (primary N) is 1. The molecule has 0 fully saturated rings. The van der Waals surface area contributed by atoms with Crippen LogP contribution in [0, 0.1) is 13.8 Å². The van der Waals surface area contributed by atoms with E-state index in [2.05, 4.69) is 32.0 Å². The Morgan fingerprint density at radius 3 is 2.64 bits per heavy atom. The second-order valence-electron chi connectivity index (χ2n) is 5.28. The molecular formula is C18H18N2S2. The molecule has 1 aromatic heterocycles. The quantitative estimate of drug-likeness (QED) is 0.661. The topological polar surface area (TPSA) is 38.9 Å². The van der Waals surface area contributed by atoms with Crippen LogP contribution in [0.5, 0.6) is 0 Å². The first-order chi connectivity index (χ1) is 10.6. The van der Waals surface area contributed by atoms with Crippen molar-refractivity contribution < 1.29 is 0 Å². The van der Waals surface area contributed by atoms with Crippen LogP contribution in [-0.4, -0.2) is 4.98 Å². The lowest BCUT2D eigenvalue weighted by Crippen LogP contribution is -1.87. The van der Waals surface area contributed by atoms with Crippen LogP contribution < -0.4 is 5.73 Å². The standard InChI is InChI=1S/C18H18N2S2/c1-12-8-9-13(2)15(10-12)11-21-18-20-16(17(19)22-18)14-6-4-3-5-7-14/h3-10H,11,19H2,1-2H3. The number of thiazole rings is 1. The first-order valence-electron chi connectivity index (χ1n) is 7.14. The fraction of sp³-hybridized carbons (Fsp3) is 0.167. The predicted octanol–water partition coefficient (Wildman–Crippen LogP) is 5.30. The molecule has 2 aromatic carbocycles. The van der Waals surface area contributed by atoms with Gasteiger partial charge in [0, 0.05) is 11.3 Å². The van der Waals surface area contributed by atoms with E-state index in [-0.39, 0.29) is 0 Å². The lowest BCUT2D eigenvalue weighted by atomic mass is 10.1. The highest BCUT2D eigenvalue weighted by atomic mass is 32.2. The molecule has 0 aliphatic carbocycles. The van der Waals surface area contributed by atoms with Crippen LogP contribution in [0.2, 0.25) is 0 Å². The summed E-state index contributed by atoms with van der Waals surface area (Å²) in [5.74, 6) is 0.925. The number of rotatable bonds is 4. The summed E-state index contributed by atoms with van der Waals surface area (Å²) in [5, 5.41) is 0.787. The number of hydrogen-bond donors (Lipinski definition) is 1. The van der Waals surface area contributed by atoms with E-state index in [1.807, 2.05) is 30.3 Å². The molecule has 1 heterocycles. The molecule has 0 radical (unpaired) electrons. The number of thioether (sulfide) groups is 1. The van der Waals surface area contributed by atoms with Gasteiger partial charge in [0.25, 0.3) is 0 Å². The SMILES string of the molecule is Cc1ccc(C)c(CSc2nc(-c3ccccc3)c(N)s2)c1. The van der Waals surface area contributed by atoms with Gasteiger partial charge < -0.3 is 5.73 Å². The smallest absolute Gasteiger partial charge is 0.152 e. The lowest BCUT2D eigenvalue weighted by molar-refractivity contribution is 1.23. The summed E-state index contributed by atoms with van der Waals surface area (Å²) in [6, 6.07) is 16.7. The van der Waals surface area contributed by atoms with Crippen molar-refractivity contribution in [3.05, 3.63) is 65.2 Å². The molecule has 0 aliphatic heterocycles. The van der Waals surface area contributed by atoms with E-state index in [1.165, 1.54) is 16.7 Å². The molecule has 4 heteroatoms. The van der Waals surface area contributed by atoms with Crippen molar-refractivity contribution in [2.75, 3.05) is 5.73 Å². The molecule has 3 aromatic rings. The second kappa shape index (κ2) is 6.55. The van der Waals surface area contributed by atoms with Crippen molar-refractivity contribution >= 4 is 28.1 Å². The maximum Gasteiger partial charge on any atom is 0.152 e. The van der Waals surface area contributed by atoms with Crippen LogP contribution in [0.25, 0.3) is 11.3 Å². The highest BCUT2D eigenvalue weighted by Gasteiger charge is 2.11. The number of benzene rings is 2.